The highest BCUT2D eigenvalue weighted by Crippen LogP contribution is 2.31. The zero-order chi connectivity index (χ0) is 23.5. The number of halogens is 1. The summed E-state index contributed by atoms with van der Waals surface area (Å²) in [6.45, 7) is 2.99. The van der Waals surface area contributed by atoms with Crippen LogP contribution in [0.15, 0.2) is 91.0 Å². The Morgan fingerprint density at radius 2 is 1.43 bits per heavy atom. The van der Waals surface area contributed by atoms with Crippen molar-refractivity contribution in [1.82, 2.24) is 9.80 Å². The van der Waals surface area contributed by atoms with Crippen LogP contribution in [0, 0.1) is 0 Å². The molecule has 0 spiro atoms. The van der Waals surface area contributed by atoms with Gasteiger partial charge in [-0.15, -0.1) is 0 Å². The van der Waals surface area contributed by atoms with Crippen molar-refractivity contribution < 1.29 is 15.0 Å². The Bertz CT molecular complexity index is 1290. The molecule has 180 valence electrons. The summed E-state index contributed by atoms with van der Waals surface area (Å²) in [6, 6.07) is 30.5. The fourth-order valence-corrected chi connectivity index (χ4v) is 4.87. The normalized spacial score (nSPS) is 14.9. The third kappa shape index (κ3) is 5.33. The van der Waals surface area contributed by atoms with E-state index in [1.165, 1.54) is 11.1 Å². The van der Waals surface area contributed by atoms with Crippen LogP contribution in [0.4, 0.5) is 0 Å². The Kier molecular flexibility index (Phi) is 7.71. The van der Waals surface area contributed by atoms with E-state index < -0.39 is 0 Å². The van der Waals surface area contributed by atoms with Gasteiger partial charge >= 0.3 is 0 Å². The number of carbonyl (C=O) groups is 1. The molecule has 35 heavy (non-hydrogen) atoms. The van der Waals surface area contributed by atoms with Crippen molar-refractivity contribution in [2.24, 2.45) is 0 Å². The van der Waals surface area contributed by atoms with Crippen molar-refractivity contribution in [3.8, 4) is 5.75 Å². The van der Waals surface area contributed by atoms with Gasteiger partial charge in [0.1, 0.15) is 5.75 Å². The molecule has 0 aliphatic carbocycles. The van der Waals surface area contributed by atoms with Crippen molar-refractivity contribution in [2.75, 3.05) is 33.3 Å². The summed E-state index contributed by atoms with van der Waals surface area (Å²) < 4.78 is 5.31. The molecule has 0 aromatic heterocycles. The lowest BCUT2D eigenvalue weighted by atomic mass is 9.96. The molecule has 1 saturated heterocycles. The van der Waals surface area contributed by atoms with Gasteiger partial charge in [-0.1, -0.05) is 66.2 Å². The first-order chi connectivity index (χ1) is 16.6. The molecule has 2 N–H and O–H groups in total. The molecule has 1 atom stereocenters. The SMILES string of the molecule is COc1ccc2cc(C(=O)N3CCN(C(c4ccccc4)c4ccc(Cl)cc4)CC3)ccc2c1.O. The standard InChI is InChI=1S/C29H27ClN2O2.H2O/c1-34-27-14-11-23-19-25(8-7-24(23)20-27)29(33)32-17-15-31(16-18-32)28(21-5-3-2-4-6-21)22-9-12-26(30)13-10-22;/h2-14,19-20,28H,15-18H2,1H3;1H2. The summed E-state index contributed by atoms with van der Waals surface area (Å²) in [5.41, 5.74) is 3.18. The van der Waals surface area contributed by atoms with Crippen LogP contribution in [0.3, 0.4) is 0 Å². The minimum atomic E-state index is 0. The second-order valence-electron chi connectivity index (χ2n) is 8.62. The molecule has 4 aromatic carbocycles. The van der Waals surface area contributed by atoms with Crippen molar-refractivity contribution >= 4 is 28.3 Å². The number of amides is 1. The summed E-state index contributed by atoms with van der Waals surface area (Å²) in [5, 5.41) is 2.84. The van der Waals surface area contributed by atoms with Crippen molar-refractivity contribution in [3.05, 3.63) is 113 Å². The largest absolute Gasteiger partial charge is 0.497 e. The van der Waals surface area contributed by atoms with Crippen LogP contribution in [0.2, 0.25) is 5.02 Å². The van der Waals surface area contributed by atoms with E-state index in [1.807, 2.05) is 59.5 Å². The molecule has 1 fully saturated rings. The molecule has 6 heteroatoms. The first kappa shape index (κ1) is 24.7. The molecule has 1 amide bonds. The van der Waals surface area contributed by atoms with Gasteiger partial charge in [0.25, 0.3) is 5.91 Å². The van der Waals surface area contributed by atoms with Gasteiger partial charge in [0, 0.05) is 36.8 Å². The number of methoxy groups -OCH3 is 1. The second kappa shape index (κ2) is 10.9. The third-order valence-corrected chi connectivity index (χ3v) is 6.81. The highest BCUT2D eigenvalue weighted by atomic mass is 35.5. The molecule has 1 aliphatic rings. The molecule has 5 rings (SSSR count). The molecule has 1 unspecified atom stereocenters. The van der Waals surface area contributed by atoms with Gasteiger partial charge in [0.2, 0.25) is 0 Å². The van der Waals surface area contributed by atoms with E-state index in [1.54, 1.807) is 7.11 Å². The maximum atomic E-state index is 13.3. The van der Waals surface area contributed by atoms with Crippen LogP contribution in [0.25, 0.3) is 10.8 Å². The number of benzene rings is 4. The Morgan fingerprint density at radius 1 is 0.800 bits per heavy atom. The number of piperazine rings is 1. The van der Waals surface area contributed by atoms with E-state index >= 15 is 0 Å². The highest BCUT2D eigenvalue weighted by Gasteiger charge is 2.28. The topological polar surface area (TPSA) is 64.3 Å². The minimum absolute atomic E-state index is 0. The first-order valence-electron chi connectivity index (χ1n) is 11.5. The number of ether oxygens (including phenoxy) is 1. The number of nitrogens with zero attached hydrogens (tertiary/aromatic N) is 2. The average Bonchev–Trinajstić information content (AvgIpc) is 2.90. The monoisotopic (exact) mass is 488 g/mol. The van der Waals surface area contributed by atoms with Gasteiger partial charge in [-0.25, -0.2) is 0 Å². The maximum Gasteiger partial charge on any atom is 0.253 e. The van der Waals surface area contributed by atoms with Crippen molar-refractivity contribution in [1.29, 1.82) is 0 Å². The van der Waals surface area contributed by atoms with Crippen LogP contribution in [-0.4, -0.2) is 54.5 Å². The summed E-state index contributed by atoms with van der Waals surface area (Å²) in [4.78, 5) is 17.7. The maximum absolute atomic E-state index is 13.3. The number of carbonyl (C=O) groups excluding carboxylic acids is 1. The highest BCUT2D eigenvalue weighted by molar-refractivity contribution is 6.30. The van der Waals surface area contributed by atoms with Crippen molar-refractivity contribution in [2.45, 2.75) is 6.04 Å². The van der Waals surface area contributed by atoms with Gasteiger partial charge in [-0.3, -0.25) is 9.69 Å². The van der Waals surface area contributed by atoms with E-state index in [0.717, 1.165) is 40.2 Å². The van der Waals surface area contributed by atoms with E-state index in [-0.39, 0.29) is 17.4 Å². The lowest BCUT2D eigenvalue weighted by molar-refractivity contribution is 0.0597. The van der Waals surface area contributed by atoms with Gasteiger partial charge in [-0.05, 0) is 58.3 Å². The van der Waals surface area contributed by atoms with Crippen LogP contribution >= 0.6 is 11.6 Å². The predicted octanol–water partition coefficient (Wildman–Crippen LogP) is 5.22. The summed E-state index contributed by atoms with van der Waals surface area (Å²) in [7, 11) is 1.66. The Morgan fingerprint density at radius 3 is 2.11 bits per heavy atom. The van der Waals surface area contributed by atoms with Gasteiger partial charge in [0.15, 0.2) is 0 Å². The lowest BCUT2D eigenvalue weighted by Gasteiger charge is -2.40. The van der Waals surface area contributed by atoms with Crippen LogP contribution in [-0.2, 0) is 0 Å². The summed E-state index contributed by atoms with van der Waals surface area (Å²) in [6.07, 6.45) is 0. The molecule has 0 radical (unpaired) electrons. The van der Waals surface area contributed by atoms with Crippen LogP contribution in [0.1, 0.15) is 27.5 Å². The van der Waals surface area contributed by atoms with E-state index in [9.17, 15) is 4.79 Å². The number of rotatable bonds is 5. The number of hydrogen-bond donors (Lipinski definition) is 0. The number of fused-ring (bicyclic) bond motifs is 1. The fourth-order valence-electron chi connectivity index (χ4n) is 4.74. The van der Waals surface area contributed by atoms with Crippen LogP contribution in [0.5, 0.6) is 5.75 Å². The molecule has 1 aliphatic heterocycles. The summed E-state index contributed by atoms with van der Waals surface area (Å²) in [5.74, 6) is 0.900. The Labute approximate surface area is 210 Å². The molecule has 0 saturated carbocycles. The van der Waals surface area contributed by atoms with Gasteiger partial charge < -0.3 is 15.1 Å². The smallest absolute Gasteiger partial charge is 0.253 e. The van der Waals surface area contributed by atoms with E-state index in [2.05, 4.69) is 41.3 Å². The Hall–Kier alpha value is -3.38. The van der Waals surface area contributed by atoms with E-state index in [0.29, 0.717) is 13.1 Å². The molecule has 0 bridgehead atoms. The fraction of sp³-hybridized carbons (Fsp3) is 0.207. The number of hydrogen-bond acceptors (Lipinski definition) is 3. The molecular weight excluding hydrogens is 460 g/mol. The van der Waals surface area contributed by atoms with Crippen LogP contribution < -0.4 is 4.74 Å². The lowest BCUT2D eigenvalue weighted by Crippen LogP contribution is -2.49. The molecule has 5 nitrogen and oxygen atoms in total. The second-order valence-corrected chi connectivity index (χ2v) is 9.06. The Balaban J connectivity index is 0.00000289. The average molecular weight is 489 g/mol. The van der Waals surface area contributed by atoms with Gasteiger partial charge in [0.05, 0.1) is 13.2 Å². The first-order valence-corrected chi connectivity index (χ1v) is 11.9. The third-order valence-electron chi connectivity index (χ3n) is 6.56. The molecular formula is C29H29ClN2O3. The molecule has 4 aromatic rings. The zero-order valence-corrected chi connectivity index (χ0v) is 20.4. The van der Waals surface area contributed by atoms with Crippen molar-refractivity contribution in [3.63, 3.8) is 0 Å². The van der Waals surface area contributed by atoms with E-state index in [4.69, 9.17) is 16.3 Å². The molecule has 1 heterocycles. The quantitative estimate of drug-likeness (QED) is 0.386. The van der Waals surface area contributed by atoms with Gasteiger partial charge in [-0.2, -0.15) is 0 Å². The summed E-state index contributed by atoms with van der Waals surface area (Å²) >= 11 is 6.15. The zero-order valence-electron chi connectivity index (χ0n) is 19.7. The predicted molar refractivity (Wildman–Crippen MR) is 141 cm³/mol. The minimum Gasteiger partial charge on any atom is -0.497 e.